The molecule has 1 heterocycles. The summed E-state index contributed by atoms with van der Waals surface area (Å²) >= 11 is 0. The highest BCUT2D eigenvalue weighted by atomic mass is 19.3. The van der Waals surface area contributed by atoms with Gasteiger partial charge >= 0.3 is 12.2 Å². The fraction of sp³-hybridized carbons (Fsp3) is 0.529. The molecular formula is C17H22F2N2O4. The van der Waals surface area contributed by atoms with Crippen molar-refractivity contribution in [2.24, 2.45) is 5.41 Å². The first-order chi connectivity index (χ1) is 11.5. The summed E-state index contributed by atoms with van der Waals surface area (Å²) in [4.78, 5) is 24.0. The fourth-order valence-corrected chi connectivity index (χ4v) is 3.07. The molecule has 1 aliphatic rings. The highest BCUT2D eigenvalue weighted by Crippen LogP contribution is 2.40. The molecule has 2 atom stereocenters. The normalized spacial score (nSPS) is 22.5. The van der Waals surface area contributed by atoms with Crippen LogP contribution in [0, 0.1) is 5.41 Å². The number of amides is 2. The van der Waals surface area contributed by atoms with Crippen LogP contribution in [0.3, 0.4) is 0 Å². The Hall–Kier alpha value is -2.38. The number of nitrogens with one attached hydrogen (secondary N) is 1. The van der Waals surface area contributed by atoms with Gasteiger partial charge in [0.1, 0.15) is 12.6 Å². The van der Waals surface area contributed by atoms with E-state index in [1.54, 1.807) is 51.1 Å². The molecule has 1 aromatic rings. The van der Waals surface area contributed by atoms with Crippen molar-refractivity contribution in [1.29, 1.82) is 0 Å². The summed E-state index contributed by atoms with van der Waals surface area (Å²) in [5.41, 5.74) is -0.0780. The van der Waals surface area contributed by atoms with E-state index < -0.39 is 42.2 Å². The van der Waals surface area contributed by atoms with Gasteiger partial charge in [-0.15, -0.1) is 0 Å². The second-order valence-electron chi connectivity index (χ2n) is 7.17. The number of likely N-dealkylation sites (tertiary alicyclic amines) is 1. The lowest BCUT2D eigenvalue weighted by atomic mass is 9.82. The van der Waals surface area contributed by atoms with Gasteiger partial charge in [0.2, 0.25) is 0 Å². The first-order valence-electron chi connectivity index (χ1n) is 7.87. The van der Waals surface area contributed by atoms with Crippen molar-refractivity contribution in [1.82, 2.24) is 10.2 Å². The summed E-state index contributed by atoms with van der Waals surface area (Å²) in [5.74, 6) is -3.39. The zero-order valence-electron chi connectivity index (χ0n) is 14.3. The molecule has 138 valence electrons. The second kappa shape index (κ2) is 6.85. The highest BCUT2D eigenvalue weighted by Gasteiger charge is 2.60. The van der Waals surface area contributed by atoms with Gasteiger partial charge in [-0.3, -0.25) is 4.90 Å². The van der Waals surface area contributed by atoms with Crippen LogP contribution >= 0.6 is 0 Å². The van der Waals surface area contributed by atoms with Crippen molar-refractivity contribution in [2.45, 2.75) is 45.4 Å². The Labute approximate surface area is 144 Å². The Balaban J connectivity index is 2.11. The van der Waals surface area contributed by atoms with Crippen LogP contribution in [-0.4, -0.2) is 46.7 Å². The summed E-state index contributed by atoms with van der Waals surface area (Å²) in [7, 11) is 0. The average Bonchev–Trinajstić information content (AvgIpc) is 2.78. The smallest absolute Gasteiger partial charge is 0.407 e. The number of benzene rings is 1. The predicted molar refractivity (Wildman–Crippen MR) is 86.5 cm³/mol. The molecule has 6 nitrogen and oxygen atoms in total. The number of nitrogens with zero attached hydrogens (tertiary/aromatic N) is 1. The Morgan fingerprint density at radius 2 is 1.92 bits per heavy atom. The maximum Gasteiger partial charge on any atom is 0.407 e. The van der Waals surface area contributed by atoms with E-state index >= 15 is 0 Å². The molecule has 0 spiro atoms. The van der Waals surface area contributed by atoms with Crippen LogP contribution in [0.1, 0.15) is 26.3 Å². The van der Waals surface area contributed by atoms with E-state index in [0.29, 0.717) is 4.90 Å². The SMILES string of the molecule is CC(C)(C)C1[C@@H](NC(=O)OCc2ccccc2)C(F)(F)CN1C(=O)O. The number of hydrogen-bond acceptors (Lipinski definition) is 3. The molecule has 1 unspecified atom stereocenters. The lowest BCUT2D eigenvalue weighted by Gasteiger charge is -2.36. The number of hydrogen-bond donors (Lipinski definition) is 2. The molecule has 1 aliphatic heterocycles. The summed E-state index contributed by atoms with van der Waals surface area (Å²) in [6.07, 6.45) is -2.45. The molecule has 0 bridgehead atoms. The van der Waals surface area contributed by atoms with Gasteiger partial charge in [0.25, 0.3) is 5.92 Å². The molecule has 2 amide bonds. The van der Waals surface area contributed by atoms with E-state index in [2.05, 4.69) is 5.32 Å². The molecule has 2 rings (SSSR count). The third-order valence-electron chi connectivity index (χ3n) is 4.11. The van der Waals surface area contributed by atoms with Gasteiger partial charge in [-0.2, -0.15) is 0 Å². The third-order valence-corrected chi connectivity index (χ3v) is 4.11. The maximum atomic E-state index is 14.3. The number of carboxylic acid groups (broad SMARTS) is 1. The van der Waals surface area contributed by atoms with Gasteiger partial charge in [0.15, 0.2) is 0 Å². The topological polar surface area (TPSA) is 78.9 Å². The number of alkyl carbamates (subject to hydrolysis) is 1. The van der Waals surface area contributed by atoms with E-state index in [4.69, 9.17) is 4.74 Å². The quantitative estimate of drug-likeness (QED) is 0.871. The van der Waals surface area contributed by atoms with Gasteiger partial charge in [0, 0.05) is 0 Å². The molecule has 0 aromatic heterocycles. The number of carbonyl (C=O) groups excluding carboxylic acids is 1. The van der Waals surface area contributed by atoms with Gasteiger partial charge in [-0.1, -0.05) is 51.1 Å². The summed E-state index contributed by atoms with van der Waals surface area (Å²) < 4.78 is 33.7. The number of alkyl halides is 2. The number of carbonyl (C=O) groups is 2. The van der Waals surface area contributed by atoms with Crippen LogP contribution in [-0.2, 0) is 11.3 Å². The Kier molecular flexibility index (Phi) is 5.20. The lowest BCUT2D eigenvalue weighted by Crippen LogP contribution is -2.56. The van der Waals surface area contributed by atoms with Crippen LogP contribution in [0.15, 0.2) is 30.3 Å². The molecule has 1 fully saturated rings. The van der Waals surface area contributed by atoms with Crippen molar-refractivity contribution in [3.8, 4) is 0 Å². The Bertz CT molecular complexity index is 631. The summed E-state index contributed by atoms with van der Waals surface area (Å²) in [6.45, 7) is 3.93. The summed E-state index contributed by atoms with van der Waals surface area (Å²) in [5, 5.41) is 11.4. The third kappa shape index (κ3) is 4.37. The van der Waals surface area contributed by atoms with Crippen LogP contribution < -0.4 is 5.32 Å². The molecule has 0 saturated carbocycles. The van der Waals surface area contributed by atoms with E-state index in [1.807, 2.05) is 0 Å². The van der Waals surface area contributed by atoms with Crippen molar-refractivity contribution in [3.63, 3.8) is 0 Å². The van der Waals surface area contributed by atoms with Crippen molar-refractivity contribution in [2.75, 3.05) is 6.54 Å². The predicted octanol–water partition coefficient (Wildman–Crippen LogP) is 3.33. The van der Waals surface area contributed by atoms with Crippen LogP contribution in [0.2, 0.25) is 0 Å². The first kappa shape index (κ1) is 19.0. The van der Waals surface area contributed by atoms with Crippen LogP contribution in [0.5, 0.6) is 0 Å². The van der Waals surface area contributed by atoms with E-state index in [0.717, 1.165) is 5.56 Å². The second-order valence-corrected chi connectivity index (χ2v) is 7.17. The summed E-state index contributed by atoms with van der Waals surface area (Å²) in [6, 6.07) is 6.07. The van der Waals surface area contributed by atoms with Gasteiger partial charge in [-0.25, -0.2) is 18.4 Å². The fourth-order valence-electron chi connectivity index (χ4n) is 3.07. The molecule has 8 heteroatoms. The standard InChI is InChI=1S/C17H22F2N2O4/c1-16(2,3)13-12(17(18,19)10-21(13)15(23)24)20-14(22)25-9-11-7-5-4-6-8-11/h4-8,12-13H,9-10H2,1-3H3,(H,20,22)(H,23,24)/t12-,13?/m1/s1. The molecule has 25 heavy (non-hydrogen) atoms. The van der Waals surface area contributed by atoms with Crippen molar-refractivity contribution >= 4 is 12.2 Å². The molecule has 0 aliphatic carbocycles. The zero-order valence-corrected chi connectivity index (χ0v) is 14.3. The molecular weight excluding hydrogens is 334 g/mol. The lowest BCUT2D eigenvalue weighted by molar-refractivity contribution is -0.0155. The van der Waals surface area contributed by atoms with E-state index in [-0.39, 0.29) is 6.61 Å². The number of rotatable bonds is 3. The molecule has 2 N–H and O–H groups in total. The van der Waals surface area contributed by atoms with E-state index in [1.165, 1.54) is 0 Å². The monoisotopic (exact) mass is 356 g/mol. The van der Waals surface area contributed by atoms with Crippen LogP contribution in [0.25, 0.3) is 0 Å². The minimum absolute atomic E-state index is 0.0617. The first-order valence-corrected chi connectivity index (χ1v) is 7.87. The molecule has 1 saturated heterocycles. The number of halogens is 2. The largest absolute Gasteiger partial charge is 0.465 e. The van der Waals surface area contributed by atoms with Crippen molar-refractivity contribution in [3.05, 3.63) is 35.9 Å². The van der Waals surface area contributed by atoms with Crippen LogP contribution in [0.4, 0.5) is 18.4 Å². The van der Waals surface area contributed by atoms with Gasteiger partial charge in [-0.05, 0) is 11.0 Å². The van der Waals surface area contributed by atoms with Crippen molar-refractivity contribution < 1.29 is 28.2 Å². The van der Waals surface area contributed by atoms with Gasteiger partial charge < -0.3 is 15.2 Å². The molecule has 0 radical (unpaired) electrons. The Morgan fingerprint density at radius 1 is 1.32 bits per heavy atom. The Morgan fingerprint density at radius 3 is 2.44 bits per heavy atom. The highest BCUT2D eigenvalue weighted by molar-refractivity contribution is 5.70. The van der Waals surface area contributed by atoms with E-state index in [9.17, 15) is 23.5 Å². The minimum Gasteiger partial charge on any atom is -0.465 e. The molecule has 1 aromatic carbocycles. The van der Waals surface area contributed by atoms with Gasteiger partial charge in [0.05, 0.1) is 12.6 Å². The zero-order chi connectivity index (χ0) is 18.8. The average molecular weight is 356 g/mol. The minimum atomic E-state index is -3.39. The number of ether oxygens (including phenoxy) is 1. The maximum absolute atomic E-state index is 14.3.